The Bertz CT molecular complexity index is 592. The minimum absolute atomic E-state index is 0.431. The summed E-state index contributed by atoms with van der Waals surface area (Å²) in [6, 6.07) is 5.52. The fourth-order valence-electron chi connectivity index (χ4n) is 1.42. The van der Waals surface area contributed by atoms with Crippen molar-refractivity contribution < 1.29 is 0 Å². The normalized spacial score (nSPS) is 10.3. The van der Waals surface area contributed by atoms with Crippen molar-refractivity contribution in [2.45, 2.75) is 6.92 Å². The highest BCUT2D eigenvalue weighted by Crippen LogP contribution is 2.30. The summed E-state index contributed by atoms with van der Waals surface area (Å²) in [7, 11) is 0. The highest BCUT2D eigenvalue weighted by Gasteiger charge is 2.08. The first-order chi connectivity index (χ1) is 9.10. The zero-order valence-corrected chi connectivity index (χ0v) is 13.1. The molecule has 1 heterocycles. The summed E-state index contributed by atoms with van der Waals surface area (Å²) in [6.45, 7) is 2.71. The Labute approximate surface area is 129 Å². The van der Waals surface area contributed by atoms with Gasteiger partial charge < -0.3 is 10.6 Å². The van der Waals surface area contributed by atoms with Gasteiger partial charge in [-0.05, 0) is 25.1 Å². The molecule has 0 atom stereocenters. The second-order valence-corrected chi connectivity index (χ2v) is 5.40. The van der Waals surface area contributed by atoms with E-state index in [2.05, 4.69) is 36.5 Å². The van der Waals surface area contributed by atoms with Crippen molar-refractivity contribution in [2.24, 2.45) is 0 Å². The predicted molar refractivity (Wildman–Crippen MR) is 83.6 cm³/mol. The Morgan fingerprint density at radius 2 is 2.05 bits per heavy atom. The van der Waals surface area contributed by atoms with Gasteiger partial charge in [0, 0.05) is 11.0 Å². The molecule has 2 aromatic rings. The first-order valence-electron chi connectivity index (χ1n) is 5.58. The maximum Gasteiger partial charge on any atom is 0.224 e. The van der Waals surface area contributed by atoms with Crippen molar-refractivity contribution in [2.75, 3.05) is 17.2 Å². The number of halogens is 3. The molecule has 7 heteroatoms. The van der Waals surface area contributed by atoms with Crippen molar-refractivity contribution in [1.82, 2.24) is 9.97 Å². The Kier molecular flexibility index (Phi) is 4.85. The average Bonchev–Trinajstić information content (AvgIpc) is 2.37. The Morgan fingerprint density at radius 1 is 1.26 bits per heavy atom. The number of hydrogen-bond donors (Lipinski definition) is 2. The Hall–Kier alpha value is -1.04. The summed E-state index contributed by atoms with van der Waals surface area (Å²) in [6.07, 6.45) is 1.54. The first-order valence-corrected chi connectivity index (χ1v) is 7.13. The molecule has 1 aromatic heterocycles. The fourth-order valence-corrected chi connectivity index (χ4v) is 2.28. The minimum Gasteiger partial charge on any atom is -0.354 e. The lowest BCUT2D eigenvalue weighted by molar-refractivity contribution is 1.09. The molecule has 0 saturated heterocycles. The number of aromatic nitrogens is 2. The predicted octanol–water partition coefficient (Wildman–Crippen LogP) is 4.72. The van der Waals surface area contributed by atoms with E-state index in [1.54, 1.807) is 12.3 Å². The summed E-state index contributed by atoms with van der Waals surface area (Å²) in [5.74, 6) is 1.03. The van der Waals surface area contributed by atoms with Crippen LogP contribution in [-0.2, 0) is 0 Å². The van der Waals surface area contributed by atoms with Gasteiger partial charge in [0.2, 0.25) is 5.95 Å². The largest absolute Gasteiger partial charge is 0.354 e. The smallest absolute Gasteiger partial charge is 0.224 e. The Morgan fingerprint density at radius 3 is 2.74 bits per heavy atom. The lowest BCUT2D eigenvalue weighted by Gasteiger charge is -2.10. The van der Waals surface area contributed by atoms with Crippen molar-refractivity contribution in [3.05, 3.63) is 38.9 Å². The average molecular weight is 362 g/mol. The van der Waals surface area contributed by atoms with Crippen LogP contribution in [0, 0.1) is 0 Å². The molecule has 100 valence electrons. The van der Waals surface area contributed by atoms with Gasteiger partial charge in [0.25, 0.3) is 0 Å². The number of benzene rings is 1. The summed E-state index contributed by atoms with van der Waals surface area (Å²) in [5, 5.41) is 7.12. The minimum atomic E-state index is 0.431. The topological polar surface area (TPSA) is 49.8 Å². The van der Waals surface area contributed by atoms with E-state index in [0.717, 1.165) is 16.7 Å². The van der Waals surface area contributed by atoms with Gasteiger partial charge in [0.05, 0.1) is 16.9 Å². The highest BCUT2D eigenvalue weighted by molar-refractivity contribution is 9.10. The van der Waals surface area contributed by atoms with Crippen LogP contribution in [0.3, 0.4) is 0 Å². The molecular formula is C12H11BrCl2N4. The molecule has 4 nitrogen and oxygen atoms in total. The van der Waals surface area contributed by atoms with Crippen molar-refractivity contribution in [3.63, 3.8) is 0 Å². The van der Waals surface area contributed by atoms with Crippen LogP contribution < -0.4 is 10.6 Å². The number of anilines is 3. The van der Waals surface area contributed by atoms with E-state index in [0.29, 0.717) is 21.8 Å². The molecule has 0 aliphatic carbocycles. The third-order valence-corrected chi connectivity index (χ3v) is 3.35. The van der Waals surface area contributed by atoms with Gasteiger partial charge in [0.1, 0.15) is 5.02 Å². The molecule has 0 amide bonds. The third kappa shape index (κ3) is 3.72. The van der Waals surface area contributed by atoms with Crippen LogP contribution in [0.15, 0.2) is 28.9 Å². The Balaban J connectivity index is 2.29. The summed E-state index contributed by atoms with van der Waals surface area (Å²) < 4.78 is 0.908. The van der Waals surface area contributed by atoms with Gasteiger partial charge in [-0.15, -0.1) is 0 Å². The number of rotatable bonds is 4. The second kappa shape index (κ2) is 6.41. The number of hydrogen-bond acceptors (Lipinski definition) is 4. The molecule has 2 rings (SSSR count). The number of nitrogens with zero attached hydrogens (tertiary/aromatic N) is 2. The molecule has 0 spiro atoms. The van der Waals surface area contributed by atoms with Gasteiger partial charge in [-0.25, -0.2) is 4.98 Å². The van der Waals surface area contributed by atoms with E-state index in [1.165, 1.54) is 0 Å². The van der Waals surface area contributed by atoms with Gasteiger partial charge in [-0.3, -0.25) is 0 Å². The monoisotopic (exact) mass is 360 g/mol. The van der Waals surface area contributed by atoms with E-state index in [1.807, 2.05) is 19.1 Å². The summed E-state index contributed by atoms with van der Waals surface area (Å²) in [5.41, 5.74) is 0.730. The fraction of sp³-hybridized carbons (Fsp3) is 0.167. The van der Waals surface area contributed by atoms with Crippen molar-refractivity contribution in [3.8, 4) is 0 Å². The van der Waals surface area contributed by atoms with Crippen LogP contribution in [0.4, 0.5) is 17.5 Å². The van der Waals surface area contributed by atoms with E-state index < -0.39 is 0 Å². The molecule has 0 fully saturated rings. The molecule has 0 aliphatic rings. The lowest BCUT2D eigenvalue weighted by atomic mass is 10.3. The van der Waals surface area contributed by atoms with Gasteiger partial charge in [-0.1, -0.05) is 39.1 Å². The molecule has 0 saturated carbocycles. The zero-order chi connectivity index (χ0) is 13.8. The number of nitrogens with one attached hydrogen (secondary N) is 2. The molecule has 1 aromatic carbocycles. The van der Waals surface area contributed by atoms with Crippen molar-refractivity contribution >= 4 is 56.6 Å². The molecule has 0 aliphatic heterocycles. The maximum atomic E-state index is 6.14. The molecule has 2 N–H and O–H groups in total. The van der Waals surface area contributed by atoms with E-state index in [9.17, 15) is 0 Å². The molecule has 0 radical (unpaired) electrons. The van der Waals surface area contributed by atoms with E-state index in [-0.39, 0.29) is 0 Å². The lowest BCUT2D eigenvalue weighted by Crippen LogP contribution is -2.04. The molecule has 0 bridgehead atoms. The third-order valence-electron chi connectivity index (χ3n) is 2.26. The van der Waals surface area contributed by atoms with Crippen molar-refractivity contribution in [1.29, 1.82) is 0 Å². The second-order valence-electron chi connectivity index (χ2n) is 3.67. The van der Waals surface area contributed by atoms with Crippen LogP contribution in [0.2, 0.25) is 10.0 Å². The quantitative estimate of drug-likeness (QED) is 0.827. The van der Waals surface area contributed by atoms with Gasteiger partial charge in [0.15, 0.2) is 5.82 Å². The van der Waals surface area contributed by atoms with E-state index >= 15 is 0 Å². The SMILES string of the molecule is CCNc1ncc(Cl)c(Nc2ccc(Br)cc2Cl)n1. The maximum absolute atomic E-state index is 6.14. The summed E-state index contributed by atoms with van der Waals surface area (Å²) in [4.78, 5) is 8.36. The molecule has 19 heavy (non-hydrogen) atoms. The zero-order valence-electron chi connectivity index (χ0n) is 10.0. The molecular weight excluding hydrogens is 351 g/mol. The highest BCUT2D eigenvalue weighted by atomic mass is 79.9. The van der Waals surface area contributed by atoms with Gasteiger partial charge >= 0.3 is 0 Å². The van der Waals surface area contributed by atoms with Crippen LogP contribution >= 0.6 is 39.1 Å². The molecule has 0 unspecified atom stereocenters. The van der Waals surface area contributed by atoms with Crippen LogP contribution in [-0.4, -0.2) is 16.5 Å². The standard InChI is InChI=1S/C12H11BrCl2N4/c1-2-16-12-17-6-9(15)11(19-12)18-10-4-3-7(13)5-8(10)14/h3-6H,2H2,1H3,(H2,16,17,18,19). The van der Waals surface area contributed by atoms with Crippen LogP contribution in [0.25, 0.3) is 0 Å². The van der Waals surface area contributed by atoms with E-state index in [4.69, 9.17) is 23.2 Å². The van der Waals surface area contributed by atoms with Crippen LogP contribution in [0.5, 0.6) is 0 Å². The van der Waals surface area contributed by atoms with Crippen LogP contribution in [0.1, 0.15) is 6.92 Å². The van der Waals surface area contributed by atoms with Gasteiger partial charge in [-0.2, -0.15) is 4.98 Å². The first kappa shape index (κ1) is 14.4. The summed E-state index contributed by atoms with van der Waals surface area (Å²) >= 11 is 15.6.